The minimum Gasteiger partial charge on any atom is -0.490 e. The summed E-state index contributed by atoms with van der Waals surface area (Å²) in [6.07, 6.45) is 0.965. The predicted molar refractivity (Wildman–Crippen MR) is 150 cm³/mol. The Kier molecular flexibility index (Phi) is 8.79. The molecule has 0 aliphatic carbocycles. The summed E-state index contributed by atoms with van der Waals surface area (Å²) in [7, 11) is 2.48. The van der Waals surface area contributed by atoms with E-state index in [1.807, 2.05) is 0 Å². The van der Waals surface area contributed by atoms with E-state index in [4.69, 9.17) is 9.47 Å². The summed E-state index contributed by atoms with van der Waals surface area (Å²) in [6, 6.07) is 11.2. The number of fused-ring (bicyclic) bond motifs is 1. The number of carboxylic acids is 1. The fourth-order valence-corrected chi connectivity index (χ4v) is 4.34. The highest BCUT2D eigenvalue weighted by Crippen LogP contribution is 2.36. The number of nitrogens with one attached hydrogen (secondary N) is 2. The molecular weight excluding hydrogens is 568 g/mol. The Morgan fingerprint density at radius 1 is 1.05 bits per heavy atom. The van der Waals surface area contributed by atoms with Crippen molar-refractivity contribution in [3.8, 4) is 17.0 Å². The Hall–Kier alpha value is -6.06. The number of carbonyl (C=O) groups excluding carboxylic acids is 2. The average molecular weight is 593 g/mol. The zero-order chi connectivity index (χ0) is 31.3. The lowest BCUT2D eigenvalue weighted by Crippen LogP contribution is -2.30. The molecule has 1 atom stereocenters. The van der Waals surface area contributed by atoms with Gasteiger partial charge in [0.05, 0.1) is 42.1 Å². The second kappa shape index (κ2) is 12.6. The molecule has 0 saturated carbocycles. The molecule has 222 valence electrons. The number of methoxy groups -OCH3 is 2. The zero-order valence-corrected chi connectivity index (χ0v) is 22.7. The van der Waals surface area contributed by atoms with Crippen LogP contribution in [0.1, 0.15) is 28.4 Å². The van der Waals surface area contributed by atoms with Gasteiger partial charge in [-0.2, -0.15) is 0 Å². The number of imidazole rings is 1. The van der Waals surface area contributed by atoms with E-state index in [9.17, 15) is 39.7 Å². The number of nitrogens with zero attached hydrogens (tertiary/aromatic N) is 4. The fourth-order valence-electron chi connectivity index (χ4n) is 4.34. The second-order valence-corrected chi connectivity index (χ2v) is 8.97. The molecule has 2 heterocycles. The predicted octanol–water partition coefficient (Wildman–Crippen LogP) is 3.36. The van der Waals surface area contributed by atoms with Crippen molar-refractivity contribution < 1.29 is 38.8 Å². The van der Waals surface area contributed by atoms with Crippen LogP contribution in [0, 0.1) is 20.2 Å². The topological polar surface area (TPSA) is 218 Å². The van der Waals surface area contributed by atoms with Gasteiger partial charge in [-0.3, -0.25) is 39.0 Å². The third kappa shape index (κ3) is 6.48. The molecule has 1 unspecified atom stereocenters. The summed E-state index contributed by atoms with van der Waals surface area (Å²) < 4.78 is 11.2. The zero-order valence-electron chi connectivity index (χ0n) is 22.7. The van der Waals surface area contributed by atoms with E-state index in [0.717, 1.165) is 0 Å². The highest BCUT2D eigenvalue weighted by atomic mass is 16.6. The Balaban J connectivity index is 1.82. The Morgan fingerprint density at radius 3 is 2.47 bits per heavy atom. The van der Waals surface area contributed by atoms with Crippen LogP contribution in [-0.2, 0) is 14.3 Å². The smallest absolute Gasteiger partial charge is 0.325 e. The van der Waals surface area contributed by atoms with Crippen molar-refractivity contribution in [2.24, 2.45) is 0 Å². The van der Waals surface area contributed by atoms with Crippen molar-refractivity contribution in [1.29, 1.82) is 0 Å². The third-order valence-electron chi connectivity index (χ3n) is 6.34. The summed E-state index contributed by atoms with van der Waals surface area (Å²) in [4.78, 5) is 63.3. The fraction of sp³-hybridized carbons (Fsp3) is 0.185. The van der Waals surface area contributed by atoms with Gasteiger partial charge in [0.2, 0.25) is 0 Å². The molecule has 16 heteroatoms. The Morgan fingerprint density at radius 2 is 1.81 bits per heavy atom. The number of nitro groups is 2. The number of carbonyl (C=O) groups is 3. The van der Waals surface area contributed by atoms with E-state index in [0.29, 0.717) is 0 Å². The quantitative estimate of drug-likeness (QED) is 0.123. The van der Waals surface area contributed by atoms with Gasteiger partial charge < -0.3 is 25.2 Å². The summed E-state index contributed by atoms with van der Waals surface area (Å²) in [5, 5.41) is 37.9. The first kappa shape index (κ1) is 29.9. The number of hydrogen-bond acceptors (Lipinski definition) is 11. The van der Waals surface area contributed by atoms with Gasteiger partial charge in [-0.05, 0) is 29.8 Å². The number of hydrogen-bond donors (Lipinski definition) is 3. The molecule has 0 spiro atoms. The van der Waals surface area contributed by atoms with Gasteiger partial charge in [0.1, 0.15) is 18.1 Å². The van der Waals surface area contributed by atoms with Gasteiger partial charge in [-0.15, -0.1) is 0 Å². The number of aliphatic carboxylic acids is 1. The summed E-state index contributed by atoms with van der Waals surface area (Å²) in [6.45, 7) is -0.306. The maximum Gasteiger partial charge on any atom is 0.325 e. The first-order chi connectivity index (χ1) is 20.5. The van der Waals surface area contributed by atoms with Crippen LogP contribution in [0.2, 0.25) is 0 Å². The van der Waals surface area contributed by atoms with Gasteiger partial charge in [-0.25, -0.2) is 4.98 Å². The molecule has 0 aliphatic rings. The number of ether oxygens (including phenoxy) is 2. The van der Waals surface area contributed by atoms with Crippen LogP contribution in [0.5, 0.6) is 5.75 Å². The van der Waals surface area contributed by atoms with Crippen LogP contribution in [0.25, 0.3) is 16.9 Å². The van der Waals surface area contributed by atoms with E-state index in [1.54, 1.807) is 0 Å². The van der Waals surface area contributed by atoms with Crippen LogP contribution in [-0.4, -0.2) is 62.9 Å². The number of nitro benzene ring substituents is 2. The van der Waals surface area contributed by atoms with E-state index >= 15 is 0 Å². The highest BCUT2D eigenvalue weighted by Gasteiger charge is 2.26. The monoisotopic (exact) mass is 592 g/mol. The average Bonchev–Trinajstić information content (AvgIpc) is 3.37. The number of pyridine rings is 1. The van der Waals surface area contributed by atoms with Gasteiger partial charge in [0.15, 0.2) is 11.4 Å². The van der Waals surface area contributed by atoms with Crippen molar-refractivity contribution in [3.63, 3.8) is 0 Å². The molecule has 4 aromatic rings. The largest absolute Gasteiger partial charge is 0.490 e. The van der Waals surface area contributed by atoms with Crippen LogP contribution in [0.3, 0.4) is 0 Å². The molecule has 1 amide bonds. The summed E-state index contributed by atoms with van der Waals surface area (Å²) >= 11 is 0. The second-order valence-electron chi connectivity index (χ2n) is 8.97. The van der Waals surface area contributed by atoms with Gasteiger partial charge in [0.25, 0.3) is 11.6 Å². The lowest BCUT2D eigenvalue weighted by atomic mass is 10.0. The highest BCUT2D eigenvalue weighted by molar-refractivity contribution is 6.01. The number of benzene rings is 2. The maximum atomic E-state index is 13.5. The van der Waals surface area contributed by atoms with E-state index in [2.05, 4.69) is 15.6 Å². The minimum absolute atomic E-state index is 0.00673. The Labute approximate surface area is 242 Å². The maximum absolute atomic E-state index is 13.5. The van der Waals surface area contributed by atoms with Crippen LogP contribution < -0.4 is 15.4 Å². The number of non-ortho nitro benzene ring substituents is 1. The molecule has 16 nitrogen and oxygen atoms in total. The molecule has 4 rings (SSSR count). The van der Waals surface area contributed by atoms with Gasteiger partial charge >= 0.3 is 17.6 Å². The molecule has 3 N–H and O–H groups in total. The minimum atomic E-state index is -1.26. The van der Waals surface area contributed by atoms with Crippen molar-refractivity contribution >= 4 is 40.7 Å². The molecular formula is C27H24N6O10. The van der Waals surface area contributed by atoms with Crippen LogP contribution >= 0.6 is 0 Å². The normalized spacial score (nSPS) is 11.4. The van der Waals surface area contributed by atoms with E-state index in [-0.39, 0.29) is 57.5 Å². The number of anilines is 1. The van der Waals surface area contributed by atoms with Crippen molar-refractivity contribution in [3.05, 3.63) is 92.1 Å². The lowest BCUT2D eigenvalue weighted by molar-refractivity contribution is -0.385. The van der Waals surface area contributed by atoms with Crippen LogP contribution in [0.15, 0.2) is 60.8 Å². The molecule has 0 fully saturated rings. The van der Waals surface area contributed by atoms with Crippen molar-refractivity contribution in [1.82, 2.24) is 14.7 Å². The van der Waals surface area contributed by atoms with Gasteiger partial charge in [0, 0.05) is 30.0 Å². The number of carboxylic acid groups (broad SMARTS) is 1. The first-order valence-corrected chi connectivity index (χ1v) is 12.5. The molecule has 43 heavy (non-hydrogen) atoms. The third-order valence-corrected chi connectivity index (χ3v) is 6.34. The van der Waals surface area contributed by atoms with Crippen molar-refractivity contribution in [2.45, 2.75) is 12.5 Å². The lowest BCUT2D eigenvalue weighted by Gasteiger charge is -2.17. The summed E-state index contributed by atoms with van der Waals surface area (Å²) in [5.41, 5.74) is 0.0324. The molecule has 0 radical (unpaired) electrons. The molecule has 2 aromatic carbocycles. The SMILES string of the molecule is COC(=O)CNc1c(-c2ccc(OC)c([N+](=O)[O-])c2)nc2c(C(=O)NC(CC(=O)O)c3cccc([N+](=O)[O-])c3)cccn12. The number of amides is 1. The summed E-state index contributed by atoms with van der Waals surface area (Å²) in [5.74, 6) is -2.42. The molecule has 0 aliphatic heterocycles. The number of rotatable bonds is 12. The number of aromatic nitrogens is 2. The number of esters is 1. The molecule has 2 aromatic heterocycles. The van der Waals surface area contributed by atoms with Crippen LogP contribution in [0.4, 0.5) is 17.2 Å². The standard InChI is InChI=1S/C27H24N6O10/c1-42-21-9-8-16(12-20(21)33(40)41)24-26(28-14-23(36)43-2)31-10-4-7-18(25(31)30-24)27(37)29-19(13-22(34)35)15-5-3-6-17(11-15)32(38)39/h3-12,19,28H,13-14H2,1-2H3,(H,29,37)(H,34,35). The Bertz CT molecular complexity index is 1750. The van der Waals surface area contributed by atoms with Gasteiger partial charge in [-0.1, -0.05) is 12.1 Å². The first-order valence-electron chi connectivity index (χ1n) is 12.5. The van der Waals surface area contributed by atoms with E-state index < -0.39 is 40.2 Å². The van der Waals surface area contributed by atoms with E-state index in [1.165, 1.54) is 79.4 Å². The molecule has 0 saturated heterocycles. The van der Waals surface area contributed by atoms with Crippen molar-refractivity contribution in [2.75, 3.05) is 26.1 Å². The molecule has 0 bridgehead atoms.